The van der Waals surface area contributed by atoms with E-state index in [-0.39, 0.29) is 23.0 Å². The van der Waals surface area contributed by atoms with Gasteiger partial charge in [0.1, 0.15) is 0 Å². The van der Waals surface area contributed by atoms with Crippen LogP contribution in [0.4, 0.5) is 18.9 Å². The molecule has 0 atom stereocenters. The van der Waals surface area contributed by atoms with E-state index < -0.39 is 17.6 Å². The molecule has 0 radical (unpaired) electrons. The molecule has 6 heteroatoms. The van der Waals surface area contributed by atoms with Gasteiger partial charge in [0.25, 0.3) is 5.91 Å². The summed E-state index contributed by atoms with van der Waals surface area (Å²) < 4.78 is 39.8. The summed E-state index contributed by atoms with van der Waals surface area (Å²) in [5.41, 5.74) is 2.37. The molecule has 0 spiro atoms. The first-order chi connectivity index (χ1) is 13.0. The molecule has 2 aromatic carbocycles. The molecule has 2 aromatic rings. The number of amides is 1. The number of nitrogens with one attached hydrogen (secondary N) is 1. The number of alkyl halides is 3. The molecule has 1 aliphatic rings. The molecule has 3 nitrogen and oxygen atoms in total. The Morgan fingerprint density at radius 1 is 1.18 bits per heavy atom. The number of halogens is 3. The lowest BCUT2D eigenvalue weighted by Gasteiger charge is -2.38. The van der Waals surface area contributed by atoms with Crippen molar-refractivity contribution in [3.8, 4) is 0 Å². The van der Waals surface area contributed by atoms with Crippen LogP contribution in [0, 0.1) is 0 Å². The van der Waals surface area contributed by atoms with E-state index in [9.17, 15) is 18.0 Å². The van der Waals surface area contributed by atoms with Crippen LogP contribution >= 0.6 is 0 Å². The highest BCUT2D eigenvalue weighted by Gasteiger charge is 2.34. The Balaban J connectivity index is 1.87. The summed E-state index contributed by atoms with van der Waals surface area (Å²) in [7, 11) is 2.05. The van der Waals surface area contributed by atoms with Gasteiger partial charge in [-0.15, -0.1) is 0 Å². The van der Waals surface area contributed by atoms with Crippen molar-refractivity contribution < 1.29 is 18.0 Å². The predicted molar refractivity (Wildman–Crippen MR) is 105 cm³/mol. The average molecular weight is 390 g/mol. The minimum Gasteiger partial charge on any atom is -0.322 e. The monoisotopic (exact) mass is 390 g/mol. The molecule has 0 saturated carbocycles. The quantitative estimate of drug-likeness (QED) is 0.777. The van der Waals surface area contributed by atoms with Crippen LogP contribution in [0.25, 0.3) is 0 Å². The van der Waals surface area contributed by atoms with Gasteiger partial charge in [-0.05, 0) is 54.4 Å². The molecule has 0 fully saturated rings. The van der Waals surface area contributed by atoms with Gasteiger partial charge >= 0.3 is 6.18 Å². The molecule has 0 unspecified atom stereocenters. The summed E-state index contributed by atoms with van der Waals surface area (Å²) in [4.78, 5) is 14.8. The number of nitrogens with zero attached hydrogens (tertiary/aromatic N) is 1. The van der Waals surface area contributed by atoms with Crippen LogP contribution in [0.2, 0.25) is 0 Å². The van der Waals surface area contributed by atoms with Gasteiger partial charge in [0.05, 0.1) is 5.56 Å². The fourth-order valence-electron chi connectivity index (χ4n) is 4.06. The lowest BCUT2D eigenvalue weighted by Crippen LogP contribution is -2.39. The number of hydrogen-bond acceptors (Lipinski definition) is 2. The zero-order chi connectivity index (χ0) is 20.7. The van der Waals surface area contributed by atoms with Crippen molar-refractivity contribution in [2.45, 2.75) is 45.3 Å². The molecular formula is C22H25F3N2O. The Hall–Kier alpha value is -2.34. The van der Waals surface area contributed by atoms with E-state index in [2.05, 4.69) is 24.1 Å². The van der Waals surface area contributed by atoms with E-state index in [0.717, 1.165) is 24.7 Å². The topological polar surface area (TPSA) is 32.3 Å². The van der Waals surface area contributed by atoms with Crippen molar-refractivity contribution in [3.05, 3.63) is 64.2 Å². The maximum Gasteiger partial charge on any atom is 0.416 e. The van der Waals surface area contributed by atoms with Crippen molar-refractivity contribution >= 4 is 11.6 Å². The standard InChI is InChI=1S/C22H25F3N2O/c1-5-14-6-7-15(11-19(14)22(23,24)25)20(28)26-17-8-9-18-16(10-17)12-27(4)13-21(18,2)3/h6-11H,5,12-13H2,1-4H3,(H,26,28). The van der Waals surface area contributed by atoms with Crippen LogP contribution in [-0.4, -0.2) is 24.4 Å². The molecule has 1 N–H and O–H groups in total. The number of carbonyl (C=O) groups is 1. The van der Waals surface area contributed by atoms with E-state index in [0.29, 0.717) is 5.69 Å². The summed E-state index contributed by atoms with van der Waals surface area (Å²) in [6.07, 6.45) is -4.23. The number of anilines is 1. The smallest absolute Gasteiger partial charge is 0.322 e. The second kappa shape index (κ2) is 7.24. The van der Waals surface area contributed by atoms with E-state index in [1.54, 1.807) is 6.92 Å². The van der Waals surface area contributed by atoms with Gasteiger partial charge < -0.3 is 10.2 Å². The second-order valence-corrected chi connectivity index (χ2v) is 8.11. The van der Waals surface area contributed by atoms with Crippen LogP contribution in [0.3, 0.4) is 0 Å². The van der Waals surface area contributed by atoms with Gasteiger partial charge in [0.2, 0.25) is 0 Å². The summed E-state index contributed by atoms with van der Waals surface area (Å²) in [6.45, 7) is 7.72. The van der Waals surface area contributed by atoms with Gasteiger partial charge in [0.15, 0.2) is 0 Å². The van der Waals surface area contributed by atoms with Crippen LogP contribution < -0.4 is 5.32 Å². The zero-order valence-corrected chi connectivity index (χ0v) is 16.6. The van der Waals surface area contributed by atoms with Crippen molar-refractivity contribution in [1.29, 1.82) is 0 Å². The number of aryl methyl sites for hydroxylation is 1. The van der Waals surface area contributed by atoms with Crippen LogP contribution in [0.15, 0.2) is 36.4 Å². The molecule has 0 aromatic heterocycles. The molecule has 1 aliphatic heterocycles. The Labute approximate surface area is 163 Å². The minimum absolute atomic E-state index is 0.000284. The number of rotatable bonds is 3. The Bertz CT molecular complexity index is 903. The average Bonchev–Trinajstić information content (AvgIpc) is 2.59. The van der Waals surface area contributed by atoms with Crippen LogP contribution in [0.1, 0.15) is 53.4 Å². The Morgan fingerprint density at radius 3 is 2.54 bits per heavy atom. The van der Waals surface area contributed by atoms with Gasteiger partial charge in [-0.3, -0.25) is 4.79 Å². The third kappa shape index (κ3) is 4.07. The normalized spacial score (nSPS) is 16.5. The Morgan fingerprint density at radius 2 is 1.89 bits per heavy atom. The zero-order valence-electron chi connectivity index (χ0n) is 16.6. The molecule has 0 aliphatic carbocycles. The number of likely N-dealkylation sites (N-methyl/N-ethyl adjacent to an activating group) is 1. The van der Waals surface area contributed by atoms with Gasteiger partial charge in [0, 0.05) is 29.8 Å². The summed E-state index contributed by atoms with van der Waals surface area (Å²) in [5.74, 6) is -0.545. The van der Waals surface area contributed by atoms with Gasteiger partial charge in [-0.1, -0.05) is 32.9 Å². The van der Waals surface area contributed by atoms with Crippen molar-refractivity contribution in [2.24, 2.45) is 0 Å². The summed E-state index contributed by atoms with van der Waals surface area (Å²) in [6, 6.07) is 9.48. The molecule has 150 valence electrons. The van der Waals surface area contributed by atoms with E-state index in [4.69, 9.17) is 0 Å². The third-order valence-corrected chi connectivity index (χ3v) is 5.26. The maximum absolute atomic E-state index is 13.3. The molecule has 1 amide bonds. The number of benzene rings is 2. The fraction of sp³-hybridized carbons (Fsp3) is 0.409. The number of fused-ring (bicyclic) bond motifs is 1. The van der Waals surface area contributed by atoms with Crippen LogP contribution in [-0.2, 0) is 24.6 Å². The highest BCUT2D eigenvalue weighted by atomic mass is 19.4. The number of carbonyl (C=O) groups excluding carboxylic acids is 1. The fourth-order valence-corrected chi connectivity index (χ4v) is 4.06. The predicted octanol–water partition coefficient (Wildman–Crippen LogP) is 5.24. The maximum atomic E-state index is 13.3. The van der Waals surface area contributed by atoms with E-state index in [1.165, 1.54) is 17.7 Å². The molecule has 1 heterocycles. The second-order valence-electron chi connectivity index (χ2n) is 8.11. The lowest BCUT2D eigenvalue weighted by molar-refractivity contribution is -0.138. The first kappa shape index (κ1) is 20.4. The molecule has 3 rings (SSSR count). The summed E-state index contributed by atoms with van der Waals surface area (Å²) in [5, 5.41) is 2.74. The van der Waals surface area contributed by atoms with Crippen molar-refractivity contribution in [2.75, 3.05) is 18.9 Å². The third-order valence-electron chi connectivity index (χ3n) is 5.26. The van der Waals surface area contributed by atoms with Crippen molar-refractivity contribution in [3.63, 3.8) is 0 Å². The highest BCUT2D eigenvalue weighted by Crippen LogP contribution is 2.35. The molecule has 0 bridgehead atoms. The van der Waals surface area contributed by atoms with E-state index in [1.807, 2.05) is 25.2 Å². The first-order valence-electron chi connectivity index (χ1n) is 9.34. The molecule has 0 saturated heterocycles. The van der Waals surface area contributed by atoms with Crippen molar-refractivity contribution in [1.82, 2.24) is 4.90 Å². The Kier molecular flexibility index (Phi) is 5.28. The summed E-state index contributed by atoms with van der Waals surface area (Å²) >= 11 is 0. The SMILES string of the molecule is CCc1ccc(C(=O)Nc2ccc3c(c2)CN(C)CC3(C)C)cc1C(F)(F)F. The molecular weight excluding hydrogens is 365 g/mol. The lowest BCUT2D eigenvalue weighted by atomic mass is 9.78. The van der Waals surface area contributed by atoms with Gasteiger partial charge in [-0.25, -0.2) is 0 Å². The first-order valence-corrected chi connectivity index (χ1v) is 9.34. The number of hydrogen-bond donors (Lipinski definition) is 1. The molecule has 28 heavy (non-hydrogen) atoms. The van der Waals surface area contributed by atoms with Gasteiger partial charge in [-0.2, -0.15) is 13.2 Å². The largest absolute Gasteiger partial charge is 0.416 e. The minimum atomic E-state index is -4.48. The van der Waals surface area contributed by atoms with E-state index >= 15 is 0 Å². The highest BCUT2D eigenvalue weighted by molar-refractivity contribution is 6.04. The van der Waals surface area contributed by atoms with Crippen LogP contribution in [0.5, 0.6) is 0 Å².